The number of sulfonamides is 1. The Morgan fingerprint density at radius 1 is 1.07 bits per heavy atom. The van der Waals surface area contributed by atoms with Crippen molar-refractivity contribution in [1.82, 2.24) is 4.72 Å². The Morgan fingerprint density at radius 2 is 1.80 bits per heavy atom. The third kappa shape index (κ3) is 4.58. The van der Waals surface area contributed by atoms with E-state index >= 15 is 0 Å². The average Bonchev–Trinajstić information content (AvgIpc) is 3.35. The second kappa shape index (κ2) is 8.13. The SMILES string of the molecule is O=S(=O)(NC[C@H](c1ccco1)S(=O)(=O)c1cccs1)c1ccc(F)c(C(F)(F)F)c1. The summed E-state index contributed by atoms with van der Waals surface area (Å²) in [6.45, 7) is -0.713. The van der Waals surface area contributed by atoms with E-state index in [1.54, 1.807) is 0 Å². The van der Waals surface area contributed by atoms with E-state index in [4.69, 9.17) is 4.42 Å². The number of rotatable bonds is 7. The molecule has 30 heavy (non-hydrogen) atoms. The highest BCUT2D eigenvalue weighted by atomic mass is 32.2. The van der Waals surface area contributed by atoms with Crippen LogP contribution in [0.1, 0.15) is 16.6 Å². The van der Waals surface area contributed by atoms with Crippen LogP contribution in [0.5, 0.6) is 0 Å². The third-order valence-electron chi connectivity index (χ3n) is 4.02. The molecule has 0 aliphatic carbocycles. The quantitative estimate of drug-likeness (QED) is 0.513. The molecular formula is C17H13F4NO5S3. The Morgan fingerprint density at radius 3 is 2.37 bits per heavy atom. The number of furan rings is 1. The number of sulfone groups is 1. The van der Waals surface area contributed by atoms with Crippen LogP contribution in [0.25, 0.3) is 0 Å². The molecule has 162 valence electrons. The van der Waals surface area contributed by atoms with Gasteiger partial charge < -0.3 is 4.42 Å². The van der Waals surface area contributed by atoms with Crippen molar-refractivity contribution in [2.75, 3.05) is 6.54 Å². The zero-order chi connectivity index (χ0) is 22.2. The van der Waals surface area contributed by atoms with Crippen LogP contribution in [0, 0.1) is 5.82 Å². The fourth-order valence-electron chi connectivity index (χ4n) is 2.56. The van der Waals surface area contributed by atoms with E-state index in [0.29, 0.717) is 12.1 Å². The van der Waals surface area contributed by atoms with Gasteiger partial charge in [0.25, 0.3) is 0 Å². The standard InChI is InChI=1S/C17H13F4NO5S3/c18-13-6-5-11(9-12(13)17(19,20)21)30(25,26)22-10-15(14-3-1-7-27-14)29(23,24)16-4-2-8-28-16/h1-9,15,22H,10H2/t15-/m1/s1. The molecule has 0 radical (unpaired) electrons. The lowest BCUT2D eigenvalue weighted by atomic mass is 10.2. The lowest BCUT2D eigenvalue weighted by Gasteiger charge is -2.16. The molecule has 0 bridgehead atoms. The van der Waals surface area contributed by atoms with Crippen LogP contribution in [0.15, 0.2) is 67.6 Å². The van der Waals surface area contributed by atoms with Crippen LogP contribution in [0.2, 0.25) is 0 Å². The summed E-state index contributed by atoms with van der Waals surface area (Å²) in [6.07, 6.45) is -3.90. The number of halogens is 4. The molecule has 0 unspecified atom stereocenters. The summed E-state index contributed by atoms with van der Waals surface area (Å²) >= 11 is 0.918. The first-order chi connectivity index (χ1) is 13.9. The number of alkyl halides is 3. The first-order valence-corrected chi connectivity index (χ1v) is 12.0. The molecule has 1 N–H and O–H groups in total. The molecule has 1 aromatic carbocycles. The van der Waals surface area contributed by atoms with Gasteiger partial charge in [-0.15, -0.1) is 11.3 Å². The second-order valence-electron chi connectivity index (χ2n) is 5.97. The number of thiophene rings is 1. The lowest BCUT2D eigenvalue weighted by Crippen LogP contribution is -2.32. The highest BCUT2D eigenvalue weighted by Crippen LogP contribution is 2.34. The largest absolute Gasteiger partial charge is 0.468 e. The van der Waals surface area contributed by atoms with Gasteiger partial charge in [-0.05, 0) is 41.8 Å². The maximum atomic E-state index is 13.4. The first kappa shape index (κ1) is 22.5. The number of hydrogen-bond acceptors (Lipinski definition) is 6. The van der Waals surface area contributed by atoms with Crippen molar-refractivity contribution in [2.45, 2.75) is 20.5 Å². The van der Waals surface area contributed by atoms with Crippen LogP contribution in [0.3, 0.4) is 0 Å². The Bertz CT molecular complexity index is 1220. The number of nitrogens with one attached hydrogen (secondary N) is 1. The fraction of sp³-hybridized carbons (Fsp3) is 0.176. The molecule has 2 aromatic heterocycles. The minimum absolute atomic E-state index is 0.0377. The second-order valence-corrected chi connectivity index (χ2v) is 11.0. The van der Waals surface area contributed by atoms with Gasteiger partial charge in [-0.25, -0.2) is 25.9 Å². The smallest absolute Gasteiger partial charge is 0.419 e. The molecule has 1 atom stereocenters. The molecule has 0 saturated heterocycles. The van der Waals surface area contributed by atoms with E-state index in [1.807, 2.05) is 4.72 Å². The fourth-order valence-corrected chi connectivity index (χ4v) is 6.53. The Kier molecular flexibility index (Phi) is 6.09. The molecule has 0 amide bonds. The molecule has 3 aromatic rings. The van der Waals surface area contributed by atoms with E-state index in [2.05, 4.69) is 0 Å². The van der Waals surface area contributed by atoms with Crippen LogP contribution in [-0.4, -0.2) is 23.4 Å². The van der Waals surface area contributed by atoms with E-state index in [9.17, 15) is 34.4 Å². The molecule has 0 fully saturated rings. The predicted octanol–water partition coefficient (Wildman–Crippen LogP) is 3.99. The molecule has 0 aliphatic heterocycles. The van der Waals surface area contributed by atoms with E-state index in [1.165, 1.54) is 35.9 Å². The van der Waals surface area contributed by atoms with Crippen LogP contribution in [-0.2, 0) is 26.0 Å². The van der Waals surface area contributed by atoms with Crippen molar-refractivity contribution < 1.29 is 38.8 Å². The zero-order valence-corrected chi connectivity index (χ0v) is 17.2. The summed E-state index contributed by atoms with van der Waals surface area (Å²) in [5, 5.41) is 0.0522. The minimum atomic E-state index is -5.10. The van der Waals surface area contributed by atoms with E-state index in [-0.39, 0.29) is 16.0 Å². The van der Waals surface area contributed by atoms with Crippen molar-refractivity contribution >= 4 is 31.2 Å². The molecule has 0 saturated carbocycles. The summed E-state index contributed by atoms with van der Waals surface area (Å²) < 4.78 is 110. The lowest BCUT2D eigenvalue weighted by molar-refractivity contribution is -0.140. The van der Waals surface area contributed by atoms with Gasteiger partial charge in [0.05, 0.1) is 16.7 Å². The summed E-state index contributed by atoms with van der Waals surface area (Å²) in [7, 11) is -8.66. The first-order valence-electron chi connectivity index (χ1n) is 8.10. The normalized spacial score (nSPS) is 14.0. The van der Waals surface area contributed by atoms with Crippen LogP contribution < -0.4 is 4.72 Å². The van der Waals surface area contributed by atoms with Gasteiger partial charge in [0.15, 0.2) is 9.84 Å². The molecule has 6 nitrogen and oxygen atoms in total. The number of benzene rings is 1. The molecule has 2 heterocycles. The van der Waals surface area contributed by atoms with Crippen LogP contribution in [0.4, 0.5) is 17.6 Å². The molecule has 13 heteroatoms. The van der Waals surface area contributed by atoms with Crippen molar-refractivity contribution in [3.05, 3.63) is 71.2 Å². The van der Waals surface area contributed by atoms with Crippen molar-refractivity contribution in [3.8, 4) is 0 Å². The van der Waals surface area contributed by atoms with Gasteiger partial charge in [0.2, 0.25) is 10.0 Å². The summed E-state index contributed by atoms with van der Waals surface area (Å²) in [5.74, 6) is -1.68. The topological polar surface area (TPSA) is 93.4 Å². The molecule has 0 aliphatic rings. The maximum Gasteiger partial charge on any atom is 0.419 e. The summed E-state index contributed by atoms with van der Waals surface area (Å²) in [5.41, 5.74) is -1.75. The van der Waals surface area contributed by atoms with Gasteiger partial charge >= 0.3 is 6.18 Å². The minimum Gasteiger partial charge on any atom is -0.468 e. The number of hydrogen-bond donors (Lipinski definition) is 1. The highest BCUT2D eigenvalue weighted by Gasteiger charge is 2.36. The predicted molar refractivity (Wildman–Crippen MR) is 99.5 cm³/mol. The monoisotopic (exact) mass is 483 g/mol. The van der Waals surface area contributed by atoms with Crippen molar-refractivity contribution in [2.24, 2.45) is 0 Å². The van der Waals surface area contributed by atoms with Gasteiger partial charge in [-0.2, -0.15) is 13.2 Å². The Balaban J connectivity index is 1.93. The Hall–Kier alpha value is -2.22. The van der Waals surface area contributed by atoms with E-state index < -0.39 is 54.1 Å². The Labute approximate surface area is 173 Å². The van der Waals surface area contributed by atoms with Gasteiger partial charge in [-0.1, -0.05) is 6.07 Å². The molecular weight excluding hydrogens is 470 g/mol. The van der Waals surface area contributed by atoms with E-state index in [0.717, 1.165) is 11.3 Å². The van der Waals surface area contributed by atoms with Gasteiger partial charge in [0.1, 0.15) is 21.0 Å². The maximum absolute atomic E-state index is 13.4. The average molecular weight is 483 g/mol. The molecule has 0 spiro atoms. The van der Waals surface area contributed by atoms with Crippen molar-refractivity contribution in [1.29, 1.82) is 0 Å². The zero-order valence-electron chi connectivity index (χ0n) is 14.8. The summed E-state index contributed by atoms with van der Waals surface area (Å²) in [6, 6.07) is 6.76. The van der Waals surface area contributed by atoms with Crippen LogP contribution >= 0.6 is 11.3 Å². The summed E-state index contributed by atoms with van der Waals surface area (Å²) in [4.78, 5) is -0.858. The van der Waals surface area contributed by atoms with Gasteiger partial charge in [0, 0.05) is 6.54 Å². The third-order valence-corrected chi connectivity index (χ3v) is 8.94. The highest BCUT2D eigenvalue weighted by molar-refractivity contribution is 7.93. The van der Waals surface area contributed by atoms with Crippen molar-refractivity contribution in [3.63, 3.8) is 0 Å². The molecule has 3 rings (SSSR count). The van der Waals surface area contributed by atoms with Gasteiger partial charge in [-0.3, -0.25) is 0 Å².